The van der Waals surface area contributed by atoms with Gasteiger partial charge in [-0.25, -0.2) is 4.79 Å². The molecule has 2 aromatic carbocycles. The molecule has 1 unspecified atom stereocenters. The number of carbonyl (C=O) groups is 1. The van der Waals surface area contributed by atoms with Gasteiger partial charge in [0, 0.05) is 12.2 Å². The predicted octanol–water partition coefficient (Wildman–Crippen LogP) is 4.55. The zero-order valence-corrected chi connectivity index (χ0v) is 15.4. The van der Waals surface area contributed by atoms with E-state index >= 15 is 0 Å². The minimum atomic E-state index is -0.0839. The molecule has 3 rings (SSSR count). The second kappa shape index (κ2) is 6.79. The molecule has 0 radical (unpaired) electrons. The molecule has 1 heterocycles. The van der Waals surface area contributed by atoms with E-state index in [-0.39, 0.29) is 17.5 Å². The molecule has 1 N–H and O–H groups in total. The molecule has 4 nitrogen and oxygen atoms in total. The van der Waals surface area contributed by atoms with E-state index in [0.717, 1.165) is 29.0 Å². The number of rotatable bonds is 3. The molecule has 0 saturated carbocycles. The van der Waals surface area contributed by atoms with Gasteiger partial charge in [-0.3, -0.25) is 4.90 Å². The van der Waals surface area contributed by atoms with Gasteiger partial charge < -0.3 is 10.1 Å². The minimum Gasteiger partial charge on any atom is -0.497 e. The Morgan fingerprint density at radius 3 is 2.52 bits per heavy atom. The fourth-order valence-corrected chi connectivity index (χ4v) is 3.36. The standard InChI is InChI=1S/C21H26N2O2/c1-21(2,3)19(15-8-6-5-7-9-15)22-20(24)23-13-12-16-14-17(25-4)10-11-18(16)23/h5-11,14,19H,12-13H2,1-4H3,(H,22,24). The second-order valence-corrected chi connectivity index (χ2v) is 7.56. The van der Waals surface area contributed by atoms with E-state index < -0.39 is 0 Å². The molecule has 2 aromatic rings. The molecule has 2 amide bonds. The topological polar surface area (TPSA) is 41.6 Å². The van der Waals surface area contributed by atoms with Crippen molar-refractivity contribution in [1.29, 1.82) is 0 Å². The fourth-order valence-electron chi connectivity index (χ4n) is 3.36. The maximum Gasteiger partial charge on any atom is 0.322 e. The van der Waals surface area contributed by atoms with Gasteiger partial charge in [-0.2, -0.15) is 0 Å². The lowest BCUT2D eigenvalue weighted by atomic mass is 9.82. The minimum absolute atomic E-state index is 0.0484. The van der Waals surface area contributed by atoms with Crippen molar-refractivity contribution in [2.45, 2.75) is 33.2 Å². The Morgan fingerprint density at radius 1 is 1.16 bits per heavy atom. The summed E-state index contributed by atoms with van der Waals surface area (Å²) in [5.74, 6) is 0.831. The predicted molar refractivity (Wildman–Crippen MR) is 101 cm³/mol. The van der Waals surface area contributed by atoms with Crippen molar-refractivity contribution in [2.75, 3.05) is 18.6 Å². The maximum atomic E-state index is 13.0. The number of amides is 2. The van der Waals surface area contributed by atoms with Crippen molar-refractivity contribution in [3.05, 3.63) is 59.7 Å². The molecule has 0 fully saturated rings. The molecule has 1 aliphatic heterocycles. The fraction of sp³-hybridized carbons (Fsp3) is 0.381. The number of anilines is 1. The first-order chi connectivity index (χ1) is 11.9. The Balaban J connectivity index is 1.82. The third-order valence-electron chi connectivity index (χ3n) is 4.69. The van der Waals surface area contributed by atoms with Gasteiger partial charge in [0.05, 0.1) is 13.2 Å². The molecule has 132 valence electrons. The summed E-state index contributed by atoms with van der Waals surface area (Å²) in [5, 5.41) is 3.24. The largest absolute Gasteiger partial charge is 0.497 e. The first-order valence-electron chi connectivity index (χ1n) is 8.70. The van der Waals surface area contributed by atoms with Crippen LogP contribution in [0.1, 0.15) is 37.9 Å². The Kier molecular flexibility index (Phi) is 4.71. The average Bonchev–Trinajstić information content (AvgIpc) is 3.02. The molecule has 0 aromatic heterocycles. The third kappa shape index (κ3) is 3.63. The van der Waals surface area contributed by atoms with Gasteiger partial charge in [0.2, 0.25) is 0 Å². The highest BCUT2D eigenvalue weighted by atomic mass is 16.5. The van der Waals surface area contributed by atoms with E-state index in [1.54, 1.807) is 7.11 Å². The molecule has 1 atom stereocenters. The van der Waals surface area contributed by atoms with Crippen LogP contribution in [-0.4, -0.2) is 19.7 Å². The third-order valence-corrected chi connectivity index (χ3v) is 4.69. The van der Waals surface area contributed by atoms with Gasteiger partial charge in [0.25, 0.3) is 0 Å². The molecule has 0 bridgehead atoms. The van der Waals surface area contributed by atoms with E-state index in [0.29, 0.717) is 6.54 Å². The monoisotopic (exact) mass is 338 g/mol. The van der Waals surface area contributed by atoms with Gasteiger partial charge in [0.15, 0.2) is 0 Å². The number of hydrogen-bond donors (Lipinski definition) is 1. The van der Waals surface area contributed by atoms with Crippen LogP contribution in [0.15, 0.2) is 48.5 Å². The van der Waals surface area contributed by atoms with Crippen LogP contribution in [0.25, 0.3) is 0 Å². The number of methoxy groups -OCH3 is 1. The first kappa shape index (κ1) is 17.3. The summed E-state index contributed by atoms with van der Waals surface area (Å²) in [7, 11) is 1.66. The van der Waals surface area contributed by atoms with Crippen LogP contribution in [0.5, 0.6) is 5.75 Å². The number of nitrogens with zero attached hydrogens (tertiary/aromatic N) is 1. The number of nitrogens with one attached hydrogen (secondary N) is 1. The maximum absolute atomic E-state index is 13.0. The molecular weight excluding hydrogens is 312 g/mol. The van der Waals surface area contributed by atoms with Gasteiger partial charge in [0.1, 0.15) is 5.75 Å². The summed E-state index contributed by atoms with van der Waals surface area (Å²) in [5.41, 5.74) is 3.16. The lowest BCUT2D eigenvalue weighted by Crippen LogP contribution is -2.44. The van der Waals surface area contributed by atoms with Gasteiger partial charge in [-0.05, 0) is 41.2 Å². The summed E-state index contributed by atoms with van der Waals surface area (Å²) in [4.78, 5) is 14.8. The summed E-state index contributed by atoms with van der Waals surface area (Å²) in [6, 6.07) is 15.9. The first-order valence-corrected chi connectivity index (χ1v) is 8.70. The van der Waals surface area contributed by atoms with Crippen molar-refractivity contribution in [1.82, 2.24) is 5.32 Å². The molecule has 1 aliphatic rings. The average molecular weight is 338 g/mol. The smallest absolute Gasteiger partial charge is 0.322 e. The quantitative estimate of drug-likeness (QED) is 0.892. The van der Waals surface area contributed by atoms with Crippen LogP contribution in [-0.2, 0) is 6.42 Å². The van der Waals surface area contributed by atoms with Gasteiger partial charge >= 0.3 is 6.03 Å². The number of urea groups is 1. The summed E-state index contributed by atoms with van der Waals surface area (Å²) < 4.78 is 5.28. The van der Waals surface area contributed by atoms with E-state index in [1.165, 1.54) is 0 Å². The molecule has 0 spiro atoms. The Hall–Kier alpha value is -2.49. The van der Waals surface area contributed by atoms with E-state index in [9.17, 15) is 4.79 Å². The van der Waals surface area contributed by atoms with Crippen LogP contribution in [0.3, 0.4) is 0 Å². The number of hydrogen-bond acceptors (Lipinski definition) is 2. The lowest BCUT2D eigenvalue weighted by Gasteiger charge is -2.33. The summed E-state index contributed by atoms with van der Waals surface area (Å²) in [6.07, 6.45) is 0.853. The van der Waals surface area contributed by atoms with E-state index in [4.69, 9.17) is 4.74 Å². The van der Waals surface area contributed by atoms with Crippen molar-refractivity contribution < 1.29 is 9.53 Å². The SMILES string of the molecule is COc1ccc2c(c1)CCN2C(=O)NC(c1ccccc1)C(C)(C)C. The van der Waals surface area contributed by atoms with Crippen LogP contribution in [0, 0.1) is 5.41 Å². The summed E-state index contributed by atoms with van der Waals surface area (Å²) >= 11 is 0. The van der Waals surface area contributed by atoms with Crippen LogP contribution < -0.4 is 15.0 Å². The van der Waals surface area contributed by atoms with E-state index in [1.807, 2.05) is 41.3 Å². The van der Waals surface area contributed by atoms with Crippen LogP contribution in [0.2, 0.25) is 0 Å². The normalized spacial score (nSPS) is 14.8. The Bertz CT molecular complexity index is 750. The zero-order valence-electron chi connectivity index (χ0n) is 15.4. The molecule has 0 aliphatic carbocycles. The van der Waals surface area contributed by atoms with Gasteiger partial charge in [-0.15, -0.1) is 0 Å². The van der Waals surface area contributed by atoms with Crippen LogP contribution >= 0.6 is 0 Å². The van der Waals surface area contributed by atoms with Crippen molar-refractivity contribution in [3.63, 3.8) is 0 Å². The Labute approximate surface area is 149 Å². The van der Waals surface area contributed by atoms with Gasteiger partial charge in [-0.1, -0.05) is 51.1 Å². The molecule has 25 heavy (non-hydrogen) atoms. The van der Waals surface area contributed by atoms with Crippen LogP contribution in [0.4, 0.5) is 10.5 Å². The number of carbonyl (C=O) groups excluding carboxylic acids is 1. The second-order valence-electron chi connectivity index (χ2n) is 7.56. The number of ether oxygens (including phenoxy) is 1. The number of fused-ring (bicyclic) bond motifs is 1. The molecule has 4 heteroatoms. The van der Waals surface area contributed by atoms with Crippen molar-refractivity contribution >= 4 is 11.7 Å². The number of benzene rings is 2. The van der Waals surface area contributed by atoms with E-state index in [2.05, 4.69) is 38.2 Å². The molecular formula is C21H26N2O2. The Morgan fingerprint density at radius 2 is 1.88 bits per heavy atom. The lowest BCUT2D eigenvalue weighted by molar-refractivity contribution is 0.224. The zero-order chi connectivity index (χ0) is 18.0. The molecule has 0 saturated heterocycles. The highest BCUT2D eigenvalue weighted by Crippen LogP contribution is 2.35. The van der Waals surface area contributed by atoms with Crippen molar-refractivity contribution in [3.8, 4) is 5.75 Å². The summed E-state index contributed by atoms with van der Waals surface area (Å²) in [6.45, 7) is 7.13. The highest BCUT2D eigenvalue weighted by Gasteiger charge is 2.31. The van der Waals surface area contributed by atoms with Crippen molar-refractivity contribution in [2.24, 2.45) is 5.41 Å². The highest BCUT2D eigenvalue weighted by molar-refractivity contribution is 5.94.